The summed E-state index contributed by atoms with van der Waals surface area (Å²) in [5, 5.41) is 0. The summed E-state index contributed by atoms with van der Waals surface area (Å²) in [5.74, 6) is 1.00. The summed E-state index contributed by atoms with van der Waals surface area (Å²) in [7, 11) is 0. The second-order valence-corrected chi connectivity index (χ2v) is 8.12. The molecule has 5 atom stereocenters. The van der Waals surface area contributed by atoms with Gasteiger partial charge in [-0.25, -0.2) is 4.79 Å². The van der Waals surface area contributed by atoms with Gasteiger partial charge in [0, 0.05) is 5.92 Å². The van der Waals surface area contributed by atoms with Crippen molar-refractivity contribution in [3.63, 3.8) is 0 Å². The summed E-state index contributed by atoms with van der Waals surface area (Å²) in [4.78, 5) is 24.7. The van der Waals surface area contributed by atoms with Crippen LogP contribution in [0, 0.1) is 23.7 Å². The van der Waals surface area contributed by atoms with E-state index in [1.54, 1.807) is 6.92 Å². The van der Waals surface area contributed by atoms with Crippen molar-refractivity contribution in [1.82, 2.24) is 0 Å². The Morgan fingerprint density at radius 3 is 2.44 bits per heavy atom. The molecule has 140 valence electrons. The molecular weight excluding hydrogens is 316 g/mol. The molecule has 0 aromatic carbocycles. The Balaban J connectivity index is 1.51. The fourth-order valence-corrected chi connectivity index (χ4v) is 4.80. The third kappa shape index (κ3) is 4.45. The summed E-state index contributed by atoms with van der Waals surface area (Å²) in [6.45, 7) is 3.77. The molecule has 2 bridgehead atoms. The quantitative estimate of drug-likeness (QED) is 0.505. The molecule has 25 heavy (non-hydrogen) atoms. The largest absolute Gasteiger partial charge is 0.459 e. The van der Waals surface area contributed by atoms with Crippen molar-refractivity contribution in [3.8, 4) is 0 Å². The minimum absolute atomic E-state index is 0.0360. The normalized spacial score (nSPS) is 30.9. The molecule has 0 heterocycles. The molecule has 0 aromatic heterocycles. The number of carbonyl (C=O) groups is 2. The SMILES string of the molecule is CCCC(OC(=O)C(C)OC(=O)C1CCCCC1)C1CC2C=CC1C2. The Kier molecular flexibility index (Phi) is 6.19. The minimum Gasteiger partial charge on any atom is -0.459 e. The fourth-order valence-electron chi connectivity index (χ4n) is 4.80. The lowest BCUT2D eigenvalue weighted by Crippen LogP contribution is -2.36. The smallest absolute Gasteiger partial charge is 0.347 e. The van der Waals surface area contributed by atoms with Gasteiger partial charge in [-0.3, -0.25) is 4.79 Å². The van der Waals surface area contributed by atoms with Crippen LogP contribution in [0.5, 0.6) is 0 Å². The van der Waals surface area contributed by atoms with Crippen molar-refractivity contribution in [3.05, 3.63) is 12.2 Å². The zero-order chi connectivity index (χ0) is 17.8. The molecule has 5 unspecified atom stereocenters. The molecule has 3 rings (SSSR count). The Hall–Kier alpha value is -1.32. The standard InChI is InChI=1S/C21H32O4/c1-3-7-19(18-13-15-10-11-17(18)12-15)25-20(22)14(2)24-21(23)16-8-5-4-6-9-16/h10-11,14-19H,3-9,12-13H2,1-2H3. The van der Waals surface area contributed by atoms with Gasteiger partial charge in [-0.1, -0.05) is 44.8 Å². The second kappa shape index (κ2) is 8.37. The Morgan fingerprint density at radius 2 is 1.84 bits per heavy atom. The van der Waals surface area contributed by atoms with Gasteiger partial charge in [0.15, 0.2) is 6.10 Å². The molecule has 0 spiro atoms. The number of hydrogen-bond acceptors (Lipinski definition) is 4. The molecule has 3 aliphatic carbocycles. The number of carbonyl (C=O) groups excluding carboxylic acids is 2. The Morgan fingerprint density at radius 1 is 1.08 bits per heavy atom. The maximum atomic E-state index is 12.5. The summed E-state index contributed by atoms with van der Waals surface area (Å²) >= 11 is 0. The number of rotatable bonds is 7. The van der Waals surface area contributed by atoms with E-state index in [-0.39, 0.29) is 24.0 Å². The van der Waals surface area contributed by atoms with Crippen LogP contribution in [0.15, 0.2) is 12.2 Å². The van der Waals surface area contributed by atoms with E-state index in [0.29, 0.717) is 17.8 Å². The van der Waals surface area contributed by atoms with Gasteiger partial charge < -0.3 is 9.47 Å². The third-order valence-corrected chi connectivity index (χ3v) is 6.21. The first-order valence-electron chi connectivity index (χ1n) is 10.2. The molecule has 3 aliphatic rings. The van der Waals surface area contributed by atoms with E-state index in [1.165, 1.54) is 12.8 Å². The van der Waals surface area contributed by atoms with Crippen LogP contribution in [-0.4, -0.2) is 24.1 Å². The summed E-state index contributed by atoms with van der Waals surface area (Å²) in [6, 6.07) is 0. The van der Waals surface area contributed by atoms with Gasteiger partial charge in [0.2, 0.25) is 0 Å². The third-order valence-electron chi connectivity index (χ3n) is 6.21. The molecule has 2 fully saturated rings. The molecule has 0 aromatic rings. The predicted molar refractivity (Wildman–Crippen MR) is 95.8 cm³/mol. The first-order valence-corrected chi connectivity index (χ1v) is 10.2. The lowest BCUT2D eigenvalue weighted by Gasteiger charge is -2.29. The predicted octanol–water partition coefficient (Wildman–Crippen LogP) is 4.42. The molecule has 0 radical (unpaired) electrons. The van der Waals surface area contributed by atoms with Gasteiger partial charge in [0.05, 0.1) is 5.92 Å². The van der Waals surface area contributed by atoms with Gasteiger partial charge in [-0.15, -0.1) is 0 Å². The van der Waals surface area contributed by atoms with Gasteiger partial charge in [0.1, 0.15) is 6.10 Å². The van der Waals surface area contributed by atoms with E-state index >= 15 is 0 Å². The molecule has 2 saturated carbocycles. The van der Waals surface area contributed by atoms with Crippen LogP contribution in [0.2, 0.25) is 0 Å². The molecule has 0 aliphatic heterocycles. The first kappa shape index (κ1) is 18.5. The molecule has 0 saturated heterocycles. The highest BCUT2D eigenvalue weighted by atomic mass is 16.6. The lowest BCUT2D eigenvalue weighted by molar-refractivity contribution is -0.175. The van der Waals surface area contributed by atoms with Crippen LogP contribution < -0.4 is 0 Å². The first-order chi connectivity index (χ1) is 12.1. The number of ether oxygens (including phenoxy) is 2. The van der Waals surface area contributed by atoms with Crippen LogP contribution in [0.4, 0.5) is 0 Å². The van der Waals surface area contributed by atoms with Crippen LogP contribution in [-0.2, 0) is 19.1 Å². The van der Waals surface area contributed by atoms with Gasteiger partial charge in [-0.05, 0) is 50.9 Å². The van der Waals surface area contributed by atoms with Crippen molar-refractivity contribution < 1.29 is 19.1 Å². The van der Waals surface area contributed by atoms with Gasteiger partial charge >= 0.3 is 11.9 Å². The van der Waals surface area contributed by atoms with E-state index < -0.39 is 6.10 Å². The average molecular weight is 348 g/mol. The van der Waals surface area contributed by atoms with E-state index in [4.69, 9.17) is 9.47 Å². The number of allylic oxidation sites excluding steroid dienone is 2. The summed E-state index contributed by atoms with van der Waals surface area (Å²) in [5.41, 5.74) is 0. The zero-order valence-electron chi connectivity index (χ0n) is 15.6. The van der Waals surface area contributed by atoms with Crippen LogP contribution in [0.3, 0.4) is 0 Å². The topological polar surface area (TPSA) is 52.6 Å². The Bertz CT molecular complexity index is 506. The number of fused-ring (bicyclic) bond motifs is 2. The molecular formula is C21H32O4. The highest BCUT2D eigenvalue weighted by Crippen LogP contribution is 2.46. The van der Waals surface area contributed by atoms with Crippen LogP contribution in [0.1, 0.15) is 71.6 Å². The maximum absolute atomic E-state index is 12.5. The van der Waals surface area contributed by atoms with Gasteiger partial charge in [0.25, 0.3) is 0 Å². The van der Waals surface area contributed by atoms with Crippen molar-refractivity contribution in [2.75, 3.05) is 0 Å². The Labute approximate surface area is 151 Å². The average Bonchev–Trinajstić information content (AvgIpc) is 3.25. The zero-order valence-corrected chi connectivity index (χ0v) is 15.6. The monoisotopic (exact) mass is 348 g/mol. The number of esters is 2. The minimum atomic E-state index is -0.803. The fraction of sp³-hybridized carbons (Fsp3) is 0.810. The molecule has 0 amide bonds. The van der Waals surface area contributed by atoms with E-state index in [0.717, 1.165) is 44.9 Å². The van der Waals surface area contributed by atoms with Crippen molar-refractivity contribution in [2.45, 2.75) is 83.8 Å². The highest BCUT2D eigenvalue weighted by Gasteiger charge is 2.41. The van der Waals surface area contributed by atoms with E-state index in [9.17, 15) is 9.59 Å². The maximum Gasteiger partial charge on any atom is 0.347 e. The number of hydrogen-bond donors (Lipinski definition) is 0. The van der Waals surface area contributed by atoms with Crippen molar-refractivity contribution >= 4 is 11.9 Å². The lowest BCUT2D eigenvalue weighted by atomic mass is 9.86. The highest BCUT2D eigenvalue weighted by molar-refractivity contribution is 5.80. The van der Waals surface area contributed by atoms with E-state index in [1.807, 2.05) is 0 Å². The molecule has 4 heteroatoms. The summed E-state index contributed by atoms with van der Waals surface area (Å²) in [6.07, 6.45) is 13.1. The summed E-state index contributed by atoms with van der Waals surface area (Å²) < 4.78 is 11.3. The second-order valence-electron chi connectivity index (χ2n) is 8.12. The van der Waals surface area contributed by atoms with Crippen LogP contribution >= 0.6 is 0 Å². The molecule has 4 nitrogen and oxygen atoms in total. The van der Waals surface area contributed by atoms with Crippen LogP contribution in [0.25, 0.3) is 0 Å². The van der Waals surface area contributed by atoms with Crippen molar-refractivity contribution in [2.24, 2.45) is 23.7 Å². The van der Waals surface area contributed by atoms with Crippen molar-refractivity contribution in [1.29, 1.82) is 0 Å². The molecule has 0 N–H and O–H groups in total. The van der Waals surface area contributed by atoms with Gasteiger partial charge in [-0.2, -0.15) is 0 Å². The van der Waals surface area contributed by atoms with E-state index in [2.05, 4.69) is 19.1 Å².